The van der Waals surface area contributed by atoms with Crippen LogP contribution in [0.2, 0.25) is 0 Å². The van der Waals surface area contributed by atoms with Gasteiger partial charge in [0.15, 0.2) is 0 Å². The third-order valence-electron chi connectivity index (χ3n) is 2.66. The van der Waals surface area contributed by atoms with Crippen molar-refractivity contribution in [1.29, 1.82) is 0 Å². The Kier molecular flexibility index (Phi) is 3.10. The molecular formula is C14H10F2O2. The first-order valence-electron chi connectivity index (χ1n) is 5.28. The van der Waals surface area contributed by atoms with Gasteiger partial charge < -0.3 is 5.11 Å². The monoisotopic (exact) mass is 248 g/mol. The first kappa shape index (κ1) is 12.2. The second-order valence-electron chi connectivity index (χ2n) is 3.97. The highest BCUT2D eigenvalue weighted by Gasteiger charge is 2.15. The van der Waals surface area contributed by atoms with E-state index in [1.165, 1.54) is 31.2 Å². The number of hydrogen-bond donors (Lipinski definition) is 1. The molecule has 0 amide bonds. The second-order valence-corrected chi connectivity index (χ2v) is 3.97. The van der Waals surface area contributed by atoms with Gasteiger partial charge in [-0.15, -0.1) is 0 Å². The molecule has 0 aliphatic carbocycles. The van der Waals surface area contributed by atoms with Crippen molar-refractivity contribution in [2.24, 2.45) is 0 Å². The molecule has 0 aromatic heterocycles. The van der Waals surface area contributed by atoms with Gasteiger partial charge in [0.1, 0.15) is 11.6 Å². The lowest BCUT2D eigenvalue weighted by Gasteiger charge is -2.07. The lowest BCUT2D eigenvalue weighted by atomic mass is 9.99. The minimum atomic E-state index is -1.31. The van der Waals surface area contributed by atoms with Gasteiger partial charge in [0.25, 0.3) is 0 Å². The van der Waals surface area contributed by atoms with Crippen molar-refractivity contribution in [2.75, 3.05) is 0 Å². The number of aryl methyl sites for hydroxylation is 1. The van der Waals surface area contributed by atoms with Gasteiger partial charge in [0.05, 0.1) is 5.56 Å². The van der Waals surface area contributed by atoms with E-state index in [9.17, 15) is 13.6 Å². The average molecular weight is 248 g/mol. The standard InChI is InChI=1S/C14H10F2O2/c1-8-5-10(7-12(16)13(8)14(17)18)9-3-2-4-11(15)6-9/h2-7H,1H3,(H,17,18). The fourth-order valence-electron chi connectivity index (χ4n) is 1.85. The molecule has 18 heavy (non-hydrogen) atoms. The van der Waals surface area contributed by atoms with Crippen LogP contribution in [-0.4, -0.2) is 11.1 Å². The van der Waals surface area contributed by atoms with Crippen LogP contribution in [0.5, 0.6) is 0 Å². The Hall–Kier alpha value is -2.23. The topological polar surface area (TPSA) is 37.3 Å². The lowest BCUT2D eigenvalue weighted by Crippen LogP contribution is -2.04. The highest BCUT2D eigenvalue weighted by Crippen LogP contribution is 2.25. The molecule has 0 heterocycles. The molecule has 0 atom stereocenters. The Morgan fingerprint density at radius 2 is 1.83 bits per heavy atom. The van der Waals surface area contributed by atoms with Crippen LogP contribution >= 0.6 is 0 Å². The summed E-state index contributed by atoms with van der Waals surface area (Å²) >= 11 is 0. The summed E-state index contributed by atoms with van der Waals surface area (Å²) in [7, 11) is 0. The van der Waals surface area contributed by atoms with Crippen LogP contribution in [0, 0.1) is 18.6 Å². The van der Waals surface area contributed by atoms with E-state index >= 15 is 0 Å². The molecule has 0 aliphatic rings. The van der Waals surface area contributed by atoms with Gasteiger partial charge in [-0.1, -0.05) is 18.2 Å². The average Bonchev–Trinajstić information content (AvgIpc) is 2.27. The van der Waals surface area contributed by atoms with Crippen molar-refractivity contribution in [2.45, 2.75) is 6.92 Å². The van der Waals surface area contributed by atoms with Gasteiger partial charge in [0.2, 0.25) is 0 Å². The van der Waals surface area contributed by atoms with E-state index in [1.54, 1.807) is 6.07 Å². The van der Waals surface area contributed by atoms with Crippen LogP contribution < -0.4 is 0 Å². The molecule has 2 nitrogen and oxygen atoms in total. The minimum Gasteiger partial charge on any atom is -0.478 e. The van der Waals surface area contributed by atoms with Crippen molar-refractivity contribution in [3.05, 3.63) is 59.2 Å². The SMILES string of the molecule is Cc1cc(-c2cccc(F)c2)cc(F)c1C(=O)O. The summed E-state index contributed by atoms with van der Waals surface area (Å²) in [4.78, 5) is 10.8. The molecule has 0 spiro atoms. The highest BCUT2D eigenvalue weighted by atomic mass is 19.1. The highest BCUT2D eigenvalue weighted by molar-refractivity contribution is 5.90. The number of aromatic carboxylic acids is 1. The van der Waals surface area contributed by atoms with E-state index in [-0.39, 0.29) is 5.56 Å². The molecule has 2 rings (SSSR count). The van der Waals surface area contributed by atoms with Crippen LogP contribution in [0.25, 0.3) is 11.1 Å². The molecule has 2 aromatic carbocycles. The molecule has 2 aromatic rings. The van der Waals surface area contributed by atoms with E-state index in [1.807, 2.05) is 0 Å². The summed E-state index contributed by atoms with van der Waals surface area (Å²) in [5.41, 5.74) is 0.917. The molecule has 0 fully saturated rings. The first-order valence-corrected chi connectivity index (χ1v) is 5.28. The predicted octanol–water partition coefficient (Wildman–Crippen LogP) is 3.64. The molecule has 0 radical (unpaired) electrons. The maximum Gasteiger partial charge on any atom is 0.338 e. The summed E-state index contributed by atoms with van der Waals surface area (Å²) < 4.78 is 26.7. The summed E-state index contributed by atoms with van der Waals surface area (Å²) in [5.74, 6) is -2.55. The minimum absolute atomic E-state index is 0.307. The van der Waals surface area contributed by atoms with E-state index in [0.29, 0.717) is 16.7 Å². The smallest absolute Gasteiger partial charge is 0.338 e. The largest absolute Gasteiger partial charge is 0.478 e. The summed E-state index contributed by atoms with van der Waals surface area (Å²) in [5, 5.41) is 8.85. The zero-order chi connectivity index (χ0) is 13.3. The van der Waals surface area contributed by atoms with E-state index in [4.69, 9.17) is 5.11 Å². The number of carboxylic acid groups (broad SMARTS) is 1. The van der Waals surface area contributed by atoms with Gasteiger partial charge in [-0.2, -0.15) is 0 Å². The maximum absolute atomic E-state index is 13.7. The van der Waals surface area contributed by atoms with Crippen molar-refractivity contribution >= 4 is 5.97 Å². The van der Waals surface area contributed by atoms with E-state index < -0.39 is 17.6 Å². The fraction of sp³-hybridized carbons (Fsp3) is 0.0714. The second kappa shape index (κ2) is 4.56. The van der Waals surface area contributed by atoms with Crippen LogP contribution in [0.3, 0.4) is 0 Å². The molecule has 4 heteroatoms. The van der Waals surface area contributed by atoms with Crippen LogP contribution in [0.4, 0.5) is 8.78 Å². The van der Waals surface area contributed by atoms with Crippen molar-refractivity contribution in [1.82, 2.24) is 0 Å². The Morgan fingerprint density at radius 3 is 2.39 bits per heavy atom. The number of benzene rings is 2. The van der Waals surface area contributed by atoms with E-state index in [2.05, 4.69) is 0 Å². The summed E-state index contributed by atoms with van der Waals surface area (Å²) in [6.07, 6.45) is 0. The van der Waals surface area contributed by atoms with Gasteiger partial charge in [0, 0.05) is 0 Å². The predicted molar refractivity (Wildman–Crippen MR) is 63.5 cm³/mol. The van der Waals surface area contributed by atoms with Crippen LogP contribution in [0.15, 0.2) is 36.4 Å². The molecule has 0 saturated carbocycles. The van der Waals surface area contributed by atoms with Crippen LogP contribution in [-0.2, 0) is 0 Å². The Morgan fingerprint density at radius 1 is 1.11 bits per heavy atom. The summed E-state index contributed by atoms with van der Waals surface area (Å²) in [6.45, 7) is 1.51. The molecule has 0 aliphatic heterocycles. The van der Waals surface area contributed by atoms with Crippen molar-refractivity contribution in [3.63, 3.8) is 0 Å². The van der Waals surface area contributed by atoms with Gasteiger partial charge >= 0.3 is 5.97 Å². The Labute approximate surface area is 103 Å². The molecule has 0 unspecified atom stereocenters. The number of carbonyl (C=O) groups is 1. The zero-order valence-electron chi connectivity index (χ0n) is 9.58. The summed E-state index contributed by atoms with van der Waals surface area (Å²) in [6, 6.07) is 8.35. The first-order chi connectivity index (χ1) is 8.49. The molecular weight excluding hydrogens is 238 g/mol. The Bertz CT molecular complexity index is 598. The van der Waals surface area contributed by atoms with Crippen molar-refractivity contribution < 1.29 is 18.7 Å². The number of halogens is 2. The quantitative estimate of drug-likeness (QED) is 0.880. The van der Waals surface area contributed by atoms with Gasteiger partial charge in [-0.05, 0) is 41.8 Å². The zero-order valence-corrected chi connectivity index (χ0v) is 9.58. The number of carboxylic acids is 1. The molecule has 0 saturated heterocycles. The molecule has 92 valence electrons. The van der Waals surface area contributed by atoms with E-state index in [0.717, 1.165) is 6.07 Å². The number of rotatable bonds is 2. The van der Waals surface area contributed by atoms with Gasteiger partial charge in [-0.3, -0.25) is 0 Å². The molecule has 1 N–H and O–H groups in total. The molecule has 0 bridgehead atoms. The van der Waals surface area contributed by atoms with Crippen LogP contribution in [0.1, 0.15) is 15.9 Å². The maximum atomic E-state index is 13.7. The van der Waals surface area contributed by atoms with Gasteiger partial charge in [-0.25, -0.2) is 13.6 Å². The van der Waals surface area contributed by atoms with Crippen molar-refractivity contribution in [3.8, 4) is 11.1 Å². The third kappa shape index (κ3) is 2.22. The fourth-order valence-corrected chi connectivity index (χ4v) is 1.85. The Balaban J connectivity index is 2.58. The lowest BCUT2D eigenvalue weighted by molar-refractivity contribution is 0.0691. The third-order valence-corrected chi connectivity index (χ3v) is 2.66. The normalized spacial score (nSPS) is 10.4. The number of hydrogen-bond acceptors (Lipinski definition) is 1.